The first kappa shape index (κ1) is 21.0. The Morgan fingerprint density at radius 3 is 2.44 bits per heavy atom. The number of hydrogen-bond donors (Lipinski definition) is 2. The molecule has 0 aromatic heterocycles. The zero-order valence-electron chi connectivity index (χ0n) is 15.6. The summed E-state index contributed by atoms with van der Waals surface area (Å²) in [6.45, 7) is 8.38. The molecule has 1 atom stereocenters. The maximum atomic E-state index is 12.3. The molecule has 2 amide bonds. The van der Waals surface area contributed by atoms with Crippen LogP contribution in [0.4, 0.5) is 4.79 Å². The predicted molar refractivity (Wildman–Crippen MR) is 97.2 cm³/mol. The monoisotopic (exact) mass is 350 g/mol. The second-order valence-corrected chi connectivity index (χ2v) is 6.84. The number of hydrogen-bond acceptors (Lipinski definition) is 4. The van der Waals surface area contributed by atoms with Crippen molar-refractivity contribution in [1.82, 2.24) is 10.6 Å². The van der Waals surface area contributed by atoms with Crippen LogP contribution in [0.1, 0.15) is 46.1 Å². The maximum absolute atomic E-state index is 12.3. The van der Waals surface area contributed by atoms with E-state index in [1.54, 1.807) is 20.8 Å². The molecule has 1 unspecified atom stereocenters. The Hall–Kier alpha value is -2.08. The van der Waals surface area contributed by atoms with Crippen LogP contribution < -0.4 is 10.6 Å². The van der Waals surface area contributed by atoms with Crippen molar-refractivity contribution in [2.45, 2.75) is 58.8 Å². The van der Waals surface area contributed by atoms with Gasteiger partial charge in [-0.2, -0.15) is 0 Å². The molecule has 1 aromatic carbocycles. The molecule has 0 fully saturated rings. The number of alkyl carbamates (subject to hydrolysis) is 1. The average molecular weight is 350 g/mol. The van der Waals surface area contributed by atoms with E-state index >= 15 is 0 Å². The number of unbranched alkanes of at least 4 members (excludes halogenated alkanes) is 1. The van der Waals surface area contributed by atoms with Gasteiger partial charge in [-0.1, -0.05) is 43.7 Å². The highest BCUT2D eigenvalue weighted by molar-refractivity contribution is 5.85. The van der Waals surface area contributed by atoms with Gasteiger partial charge in [-0.15, -0.1) is 0 Å². The first-order valence-electron chi connectivity index (χ1n) is 8.70. The third-order valence-corrected chi connectivity index (χ3v) is 3.23. The van der Waals surface area contributed by atoms with Gasteiger partial charge in [-0.3, -0.25) is 4.79 Å². The van der Waals surface area contributed by atoms with E-state index in [1.807, 2.05) is 37.3 Å². The SMILES string of the molecule is CCCCNC(=O)C(COCc1ccccc1)NC(=O)OC(C)(C)C. The highest BCUT2D eigenvalue weighted by atomic mass is 16.6. The molecule has 1 aromatic rings. The number of ether oxygens (including phenoxy) is 2. The molecule has 6 nitrogen and oxygen atoms in total. The van der Waals surface area contributed by atoms with E-state index in [1.165, 1.54) is 0 Å². The Kier molecular flexibility index (Phi) is 8.99. The fraction of sp³-hybridized carbons (Fsp3) is 0.579. The Morgan fingerprint density at radius 1 is 1.16 bits per heavy atom. The average Bonchev–Trinajstić information content (AvgIpc) is 2.53. The Bertz CT molecular complexity index is 526. The maximum Gasteiger partial charge on any atom is 0.408 e. The molecule has 0 aliphatic carbocycles. The minimum atomic E-state index is -0.796. The van der Waals surface area contributed by atoms with Gasteiger partial charge in [0.25, 0.3) is 0 Å². The predicted octanol–water partition coefficient (Wildman–Crippen LogP) is 3.01. The first-order valence-corrected chi connectivity index (χ1v) is 8.70. The molecule has 2 N–H and O–H groups in total. The molecule has 0 saturated heterocycles. The van der Waals surface area contributed by atoms with Gasteiger partial charge < -0.3 is 20.1 Å². The Labute approximate surface area is 150 Å². The summed E-state index contributed by atoms with van der Waals surface area (Å²) < 4.78 is 10.8. The van der Waals surface area contributed by atoms with Crippen LogP contribution in [0.5, 0.6) is 0 Å². The quantitative estimate of drug-likeness (QED) is 0.671. The lowest BCUT2D eigenvalue weighted by molar-refractivity contribution is -0.124. The standard InChI is InChI=1S/C19H30N2O4/c1-5-6-12-20-17(22)16(21-18(23)25-19(2,3)4)14-24-13-15-10-8-7-9-11-15/h7-11,16H,5-6,12-14H2,1-4H3,(H,20,22)(H,21,23). The Morgan fingerprint density at radius 2 is 1.84 bits per heavy atom. The summed E-state index contributed by atoms with van der Waals surface area (Å²) in [5, 5.41) is 5.40. The van der Waals surface area contributed by atoms with Crippen molar-refractivity contribution >= 4 is 12.0 Å². The van der Waals surface area contributed by atoms with Gasteiger partial charge in [0.15, 0.2) is 0 Å². The van der Waals surface area contributed by atoms with Crippen molar-refractivity contribution < 1.29 is 19.1 Å². The molecule has 140 valence electrons. The zero-order chi connectivity index (χ0) is 18.7. The molecule has 0 aliphatic heterocycles. The lowest BCUT2D eigenvalue weighted by Gasteiger charge is -2.23. The fourth-order valence-corrected chi connectivity index (χ4v) is 2.01. The summed E-state index contributed by atoms with van der Waals surface area (Å²) in [5.74, 6) is -0.271. The van der Waals surface area contributed by atoms with Gasteiger partial charge in [0.2, 0.25) is 5.91 Å². The number of amides is 2. The Balaban J connectivity index is 2.56. The minimum Gasteiger partial charge on any atom is -0.444 e. The second-order valence-electron chi connectivity index (χ2n) is 6.84. The van der Waals surface area contributed by atoms with Crippen LogP contribution in [0.2, 0.25) is 0 Å². The van der Waals surface area contributed by atoms with Crippen molar-refractivity contribution in [3.05, 3.63) is 35.9 Å². The molecule has 25 heavy (non-hydrogen) atoms. The second kappa shape index (κ2) is 10.7. The van der Waals surface area contributed by atoms with Gasteiger partial charge in [-0.05, 0) is 32.8 Å². The minimum absolute atomic E-state index is 0.0755. The molecule has 0 aliphatic rings. The van der Waals surface area contributed by atoms with E-state index in [0.29, 0.717) is 13.2 Å². The number of benzene rings is 1. The highest BCUT2D eigenvalue weighted by Crippen LogP contribution is 2.07. The smallest absolute Gasteiger partial charge is 0.408 e. The van der Waals surface area contributed by atoms with Gasteiger partial charge in [-0.25, -0.2) is 4.79 Å². The molecule has 0 spiro atoms. The van der Waals surface area contributed by atoms with Crippen molar-refractivity contribution in [3.8, 4) is 0 Å². The van der Waals surface area contributed by atoms with Gasteiger partial charge >= 0.3 is 6.09 Å². The summed E-state index contributed by atoms with van der Waals surface area (Å²) in [7, 11) is 0. The van der Waals surface area contributed by atoms with E-state index in [9.17, 15) is 9.59 Å². The molecular weight excluding hydrogens is 320 g/mol. The van der Waals surface area contributed by atoms with Crippen LogP contribution in [0.3, 0.4) is 0 Å². The lowest BCUT2D eigenvalue weighted by atomic mass is 10.2. The van der Waals surface area contributed by atoms with E-state index in [2.05, 4.69) is 10.6 Å². The number of carbonyl (C=O) groups excluding carboxylic acids is 2. The van der Waals surface area contributed by atoms with Crippen LogP contribution in [0, 0.1) is 0 Å². The van der Waals surface area contributed by atoms with E-state index < -0.39 is 17.7 Å². The van der Waals surface area contributed by atoms with E-state index in [4.69, 9.17) is 9.47 Å². The topological polar surface area (TPSA) is 76.7 Å². The van der Waals surface area contributed by atoms with E-state index in [-0.39, 0.29) is 12.5 Å². The summed E-state index contributed by atoms with van der Waals surface area (Å²) in [6, 6.07) is 8.86. The molecule has 0 heterocycles. The summed E-state index contributed by atoms with van der Waals surface area (Å²) >= 11 is 0. The van der Waals surface area contributed by atoms with Crippen LogP contribution in [0.25, 0.3) is 0 Å². The summed E-state index contributed by atoms with van der Waals surface area (Å²) in [6.07, 6.45) is 1.23. The highest BCUT2D eigenvalue weighted by Gasteiger charge is 2.24. The third-order valence-electron chi connectivity index (χ3n) is 3.23. The molecule has 1 rings (SSSR count). The molecule has 0 saturated carbocycles. The zero-order valence-corrected chi connectivity index (χ0v) is 15.6. The van der Waals surface area contributed by atoms with E-state index in [0.717, 1.165) is 18.4 Å². The third kappa shape index (κ3) is 9.72. The molecular formula is C19H30N2O4. The van der Waals surface area contributed by atoms with Gasteiger partial charge in [0.1, 0.15) is 11.6 Å². The van der Waals surface area contributed by atoms with Crippen LogP contribution in [-0.4, -0.2) is 36.8 Å². The van der Waals surface area contributed by atoms with Crippen LogP contribution in [0.15, 0.2) is 30.3 Å². The van der Waals surface area contributed by atoms with Crippen LogP contribution >= 0.6 is 0 Å². The van der Waals surface area contributed by atoms with Crippen molar-refractivity contribution in [2.24, 2.45) is 0 Å². The number of rotatable bonds is 9. The lowest BCUT2D eigenvalue weighted by Crippen LogP contribution is -2.50. The number of nitrogens with one attached hydrogen (secondary N) is 2. The van der Waals surface area contributed by atoms with Crippen molar-refractivity contribution in [3.63, 3.8) is 0 Å². The van der Waals surface area contributed by atoms with Crippen LogP contribution in [-0.2, 0) is 20.9 Å². The van der Waals surface area contributed by atoms with Crippen molar-refractivity contribution in [2.75, 3.05) is 13.2 Å². The van der Waals surface area contributed by atoms with Crippen molar-refractivity contribution in [1.29, 1.82) is 0 Å². The van der Waals surface area contributed by atoms with Gasteiger partial charge in [0, 0.05) is 6.54 Å². The molecule has 0 bridgehead atoms. The molecule has 6 heteroatoms. The fourth-order valence-electron chi connectivity index (χ4n) is 2.01. The van der Waals surface area contributed by atoms with Gasteiger partial charge in [0.05, 0.1) is 13.2 Å². The normalized spacial score (nSPS) is 12.3. The largest absolute Gasteiger partial charge is 0.444 e. The number of carbonyl (C=O) groups is 2. The molecule has 0 radical (unpaired) electrons. The first-order chi connectivity index (χ1) is 11.8. The summed E-state index contributed by atoms with van der Waals surface area (Å²) in [4.78, 5) is 24.3. The summed E-state index contributed by atoms with van der Waals surface area (Å²) in [5.41, 5.74) is 0.378.